The number of carbonyl (C=O) groups excluding carboxylic acids is 1. The molecule has 2 N–H and O–H groups in total. The lowest BCUT2D eigenvalue weighted by molar-refractivity contribution is -0.141. The van der Waals surface area contributed by atoms with E-state index in [0.717, 1.165) is 12.1 Å². The zero-order valence-electron chi connectivity index (χ0n) is 12.7. The molecular weight excluding hydrogens is 375 g/mol. The maximum atomic E-state index is 13.2. The Balaban J connectivity index is 2.06. The molecule has 8 heteroatoms. The summed E-state index contributed by atoms with van der Waals surface area (Å²) in [5.74, 6) is -3.98. The lowest BCUT2D eigenvalue weighted by atomic mass is 10.1. The molecule has 0 radical (unpaired) electrons. The van der Waals surface area contributed by atoms with Crippen LogP contribution in [-0.4, -0.2) is 23.0 Å². The SMILES string of the molecule is O=C(Cc1ccc(F)c(F)c1)N[C@H](Cc1ccc(Cl)cc1Cl)C(=O)O. The van der Waals surface area contributed by atoms with Gasteiger partial charge in [-0.1, -0.05) is 35.3 Å². The number of amides is 1. The smallest absolute Gasteiger partial charge is 0.326 e. The molecule has 0 fully saturated rings. The van der Waals surface area contributed by atoms with Gasteiger partial charge in [-0.2, -0.15) is 0 Å². The van der Waals surface area contributed by atoms with Gasteiger partial charge in [-0.05, 0) is 35.4 Å². The molecule has 132 valence electrons. The van der Waals surface area contributed by atoms with Gasteiger partial charge in [0.15, 0.2) is 11.6 Å². The third-order valence-electron chi connectivity index (χ3n) is 3.42. The summed E-state index contributed by atoms with van der Waals surface area (Å²) in [5.41, 5.74) is 0.733. The molecule has 0 saturated carbocycles. The predicted octanol–water partition coefficient (Wildman–Crippen LogP) is 3.63. The summed E-state index contributed by atoms with van der Waals surface area (Å²) in [6.07, 6.45) is -0.329. The van der Waals surface area contributed by atoms with E-state index in [1.54, 1.807) is 12.1 Å². The zero-order valence-corrected chi connectivity index (χ0v) is 14.2. The van der Waals surface area contributed by atoms with Crippen molar-refractivity contribution in [3.8, 4) is 0 Å². The molecule has 0 aliphatic carbocycles. The van der Waals surface area contributed by atoms with E-state index in [4.69, 9.17) is 23.2 Å². The molecule has 0 bridgehead atoms. The van der Waals surface area contributed by atoms with E-state index in [1.807, 2.05) is 0 Å². The van der Waals surface area contributed by atoms with Crippen molar-refractivity contribution in [3.63, 3.8) is 0 Å². The number of aliphatic carboxylic acids is 1. The quantitative estimate of drug-likeness (QED) is 0.795. The van der Waals surface area contributed by atoms with E-state index in [0.29, 0.717) is 10.6 Å². The first-order chi connectivity index (χ1) is 11.8. The summed E-state index contributed by atoms with van der Waals surface area (Å²) in [4.78, 5) is 23.4. The third kappa shape index (κ3) is 5.41. The number of nitrogens with one attached hydrogen (secondary N) is 1. The first-order valence-corrected chi connectivity index (χ1v) is 7.92. The summed E-state index contributed by atoms with van der Waals surface area (Å²) in [6.45, 7) is 0. The number of carboxylic acids is 1. The van der Waals surface area contributed by atoms with Crippen LogP contribution in [0.1, 0.15) is 11.1 Å². The largest absolute Gasteiger partial charge is 0.480 e. The molecule has 2 aromatic carbocycles. The van der Waals surface area contributed by atoms with Crippen molar-refractivity contribution >= 4 is 35.1 Å². The van der Waals surface area contributed by atoms with E-state index in [2.05, 4.69) is 5.32 Å². The van der Waals surface area contributed by atoms with Gasteiger partial charge < -0.3 is 10.4 Å². The third-order valence-corrected chi connectivity index (χ3v) is 4.01. The topological polar surface area (TPSA) is 66.4 Å². The van der Waals surface area contributed by atoms with Gasteiger partial charge in [0.05, 0.1) is 6.42 Å². The average molecular weight is 388 g/mol. The molecule has 1 atom stereocenters. The minimum Gasteiger partial charge on any atom is -0.480 e. The summed E-state index contributed by atoms with van der Waals surface area (Å²) in [6, 6.07) is 6.43. The molecule has 1 amide bonds. The number of benzene rings is 2. The fraction of sp³-hybridized carbons (Fsp3) is 0.176. The van der Waals surface area contributed by atoms with Gasteiger partial charge in [0.2, 0.25) is 5.91 Å². The summed E-state index contributed by atoms with van der Waals surface area (Å²) < 4.78 is 26.0. The fourth-order valence-corrected chi connectivity index (χ4v) is 2.67. The van der Waals surface area contributed by atoms with Crippen LogP contribution in [0.4, 0.5) is 8.78 Å². The van der Waals surface area contributed by atoms with Crippen molar-refractivity contribution in [2.24, 2.45) is 0 Å². The number of carbonyl (C=O) groups is 2. The van der Waals surface area contributed by atoms with Crippen LogP contribution in [0.3, 0.4) is 0 Å². The van der Waals surface area contributed by atoms with Crippen LogP contribution in [0.5, 0.6) is 0 Å². The molecule has 25 heavy (non-hydrogen) atoms. The van der Waals surface area contributed by atoms with Gasteiger partial charge in [-0.3, -0.25) is 4.79 Å². The van der Waals surface area contributed by atoms with Crippen molar-refractivity contribution in [3.05, 3.63) is 69.2 Å². The van der Waals surface area contributed by atoms with Crippen LogP contribution < -0.4 is 5.32 Å². The van der Waals surface area contributed by atoms with E-state index >= 15 is 0 Å². The van der Waals surface area contributed by atoms with Crippen LogP contribution >= 0.6 is 23.2 Å². The van der Waals surface area contributed by atoms with E-state index < -0.39 is 29.6 Å². The molecule has 0 unspecified atom stereocenters. The number of hydrogen-bond acceptors (Lipinski definition) is 2. The van der Waals surface area contributed by atoms with Crippen molar-refractivity contribution in [2.45, 2.75) is 18.9 Å². The number of rotatable bonds is 6. The maximum Gasteiger partial charge on any atom is 0.326 e. The minimum absolute atomic E-state index is 0.0468. The van der Waals surface area contributed by atoms with Crippen LogP contribution in [-0.2, 0) is 22.4 Å². The van der Waals surface area contributed by atoms with E-state index in [9.17, 15) is 23.5 Å². The van der Waals surface area contributed by atoms with Gasteiger partial charge in [-0.25, -0.2) is 13.6 Å². The van der Waals surface area contributed by atoms with E-state index in [-0.39, 0.29) is 23.4 Å². The molecule has 0 spiro atoms. The minimum atomic E-state index is -1.25. The number of carboxylic acid groups (broad SMARTS) is 1. The van der Waals surface area contributed by atoms with E-state index in [1.165, 1.54) is 12.1 Å². The Morgan fingerprint density at radius 1 is 1.08 bits per heavy atom. The predicted molar refractivity (Wildman–Crippen MR) is 89.8 cm³/mol. The molecule has 4 nitrogen and oxygen atoms in total. The standard InChI is InChI=1S/C17H13Cl2F2NO3/c18-11-3-2-10(12(19)8-11)7-15(17(24)25)22-16(23)6-9-1-4-13(20)14(21)5-9/h1-5,8,15H,6-7H2,(H,22,23)(H,24,25)/t15-/m1/s1. The van der Waals surface area contributed by atoms with Gasteiger partial charge in [0.25, 0.3) is 0 Å². The van der Waals surface area contributed by atoms with Crippen LogP contribution in [0.15, 0.2) is 36.4 Å². The Kier molecular flexibility index (Phi) is 6.33. The second kappa shape index (κ2) is 8.27. The van der Waals surface area contributed by atoms with Gasteiger partial charge in [-0.15, -0.1) is 0 Å². The highest BCUT2D eigenvalue weighted by molar-refractivity contribution is 6.35. The molecule has 0 saturated heterocycles. The number of hydrogen-bond donors (Lipinski definition) is 2. The van der Waals surface area contributed by atoms with Gasteiger partial charge in [0, 0.05) is 16.5 Å². The highest BCUT2D eigenvalue weighted by atomic mass is 35.5. The van der Waals surface area contributed by atoms with Crippen LogP contribution in [0, 0.1) is 11.6 Å². The van der Waals surface area contributed by atoms with Gasteiger partial charge >= 0.3 is 5.97 Å². The maximum absolute atomic E-state index is 13.2. The van der Waals surface area contributed by atoms with Crippen LogP contribution in [0.25, 0.3) is 0 Å². The normalized spacial score (nSPS) is 11.8. The van der Waals surface area contributed by atoms with Crippen molar-refractivity contribution in [2.75, 3.05) is 0 Å². The fourth-order valence-electron chi connectivity index (χ4n) is 2.19. The second-order valence-corrected chi connectivity index (χ2v) is 6.17. The summed E-state index contributed by atoms with van der Waals surface area (Å²) in [5, 5.41) is 12.3. The first kappa shape index (κ1) is 19.1. The van der Waals surface area contributed by atoms with Crippen molar-refractivity contribution in [1.29, 1.82) is 0 Å². The second-order valence-electron chi connectivity index (χ2n) is 5.32. The molecule has 0 aliphatic rings. The molecule has 0 heterocycles. The Labute approximate surface area is 152 Å². The van der Waals surface area contributed by atoms with Crippen LogP contribution in [0.2, 0.25) is 10.0 Å². The Morgan fingerprint density at radius 3 is 2.40 bits per heavy atom. The molecule has 0 aliphatic heterocycles. The number of halogens is 4. The Hall–Kier alpha value is -2.18. The Bertz CT molecular complexity index is 814. The summed E-state index contributed by atoms with van der Waals surface area (Å²) >= 11 is 11.8. The highest BCUT2D eigenvalue weighted by Gasteiger charge is 2.22. The van der Waals surface area contributed by atoms with Crippen molar-refractivity contribution in [1.82, 2.24) is 5.32 Å². The highest BCUT2D eigenvalue weighted by Crippen LogP contribution is 2.22. The molecule has 2 rings (SSSR count). The Morgan fingerprint density at radius 2 is 1.80 bits per heavy atom. The zero-order chi connectivity index (χ0) is 18.6. The molecule has 0 aromatic heterocycles. The van der Waals surface area contributed by atoms with Gasteiger partial charge in [0.1, 0.15) is 6.04 Å². The molecule has 2 aromatic rings. The first-order valence-electron chi connectivity index (χ1n) is 7.16. The van der Waals surface area contributed by atoms with Crippen molar-refractivity contribution < 1.29 is 23.5 Å². The summed E-state index contributed by atoms with van der Waals surface area (Å²) in [7, 11) is 0. The lowest BCUT2D eigenvalue weighted by Gasteiger charge is -2.15. The lowest BCUT2D eigenvalue weighted by Crippen LogP contribution is -2.43. The average Bonchev–Trinajstić information content (AvgIpc) is 2.52. The monoisotopic (exact) mass is 387 g/mol. The molecular formula is C17H13Cl2F2NO3.